The van der Waals surface area contributed by atoms with Gasteiger partial charge in [-0.05, 0) is 35.9 Å². The fraction of sp³-hybridized carbons (Fsp3) is 0.158. The smallest absolute Gasteiger partial charge is 0.248 e. The van der Waals surface area contributed by atoms with E-state index in [0.29, 0.717) is 11.4 Å². The van der Waals surface area contributed by atoms with E-state index in [2.05, 4.69) is 10.6 Å². The Balaban J connectivity index is 2.05. The van der Waals surface area contributed by atoms with Crippen LogP contribution in [-0.4, -0.2) is 25.5 Å². The Morgan fingerprint density at radius 1 is 1.08 bits per heavy atom. The van der Waals surface area contributed by atoms with E-state index >= 15 is 0 Å². The fourth-order valence-corrected chi connectivity index (χ4v) is 2.14. The van der Waals surface area contributed by atoms with E-state index < -0.39 is 0 Å². The Kier molecular flexibility index (Phi) is 6.74. The second-order valence-electron chi connectivity index (χ2n) is 5.23. The molecular formula is C19H21N3O3. The van der Waals surface area contributed by atoms with Crippen LogP contribution in [0, 0.1) is 0 Å². The molecule has 2 aromatic carbocycles. The van der Waals surface area contributed by atoms with E-state index in [0.717, 1.165) is 11.3 Å². The molecule has 2 amide bonds. The Hall–Kier alpha value is -3.12. The summed E-state index contributed by atoms with van der Waals surface area (Å²) in [6.07, 6.45) is 3.33. The third kappa shape index (κ3) is 5.78. The maximum absolute atomic E-state index is 12.1. The number of hydrogen-bond acceptors (Lipinski definition) is 4. The molecule has 2 rings (SSSR count). The Morgan fingerprint density at radius 3 is 2.48 bits per heavy atom. The van der Waals surface area contributed by atoms with Crippen LogP contribution in [0.4, 0.5) is 11.4 Å². The van der Waals surface area contributed by atoms with Crippen LogP contribution in [0.3, 0.4) is 0 Å². The largest absolute Gasteiger partial charge is 0.497 e. The first-order valence-corrected chi connectivity index (χ1v) is 7.84. The maximum Gasteiger partial charge on any atom is 0.248 e. The topological polar surface area (TPSA) is 93.5 Å². The van der Waals surface area contributed by atoms with E-state index in [1.807, 2.05) is 24.3 Å². The number of hydrogen-bond donors (Lipinski definition) is 3. The van der Waals surface area contributed by atoms with Gasteiger partial charge in [0.25, 0.3) is 0 Å². The quantitative estimate of drug-likeness (QED) is 0.676. The van der Waals surface area contributed by atoms with Gasteiger partial charge in [-0.25, -0.2) is 0 Å². The van der Waals surface area contributed by atoms with E-state index in [1.165, 1.54) is 6.08 Å². The van der Waals surface area contributed by atoms with Gasteiger partial charge in [-0.3, -0.25) is 9.59 Å². The predicted molar refractivity (Wildman–Crippen MR) is 99.4 cm³/mol. The van der Waals surface area contributed by atoms with Gasteiger partial charge in [0.05, 0.1) is 18.5 Å². The summed E-state index contributed by atoms with van der Waals surface area (Å²) in [5, 5.41) is 5.49. The number of carbonyl (C=O) groups excluding carboxylic acids is 2. The molecule has 0 saturated carbocycles. The molecular weight excluding hydrogens is 318 g/mol. The summed E-state index contributed by atoms with van der Waals surface area (Å²) in [6, 6.07) is 14.4. The van der Waals surface area contributed by atoms with Gasteiger partial charge in [0.1, 0.15) is 5.75 Å². The number of amides is 2. The SMILES string of the molecule is COc1cccc(/C=C/C(=O)Nc2ccccc2NC(=O)CCN)c1. The van der Waals surface area contributed by atoms with Crippen molar-refractivity contribution in [2.24, 2.45) is 5.73 Å². The standard InChI is InChI=1S/C19H21N3O3/c1-25-15-6-4-5-14(13-15)9-10-18(23)21-16-7-2-3-8-17(16)22-19(24)11-12-20/h2-10,13H,11-12,20H2,1H3,(H,21,23)(H,22,24)/b10-9+. The van der Waals surface area contributed by atoms with E-state index in [-0.39, 0.29) is 24.8 Å². The number of nitrogens with one attached hydrogen (secondary N) is 2. The lowest BCUT2D eigenvalue weighted by Crippen LogP contribution is -2.18. The van der Waals surface area contributed by atoms with Crippen molar-refractivity contribution in [3.8, 4) is 5.75 Å². The number of methoxy groups -OCH3 is 1. The second-order valence-corrected chi connectivity index (χ2v) is 5.23. The summed E-state index contributed by atoms with van der Waals surface area (Å²) in [4.78, 5) is 23.8. The van der Waals surface area contributed by atoms with Crippen LogP contribution in [0.2, 0.25) is 0 Å². The summed E-state index contributed by atoms with van der Waals surface area (Å²) < 4.78 is 5.15. The molecule has 0 fully saturated rings. The lowest BCUT2D eigenvalue weighted by molar-refractivity contribution is -0.116. The maximum atomic E-state index is 12.1. The number of benzene rings is 2. The zero-order chi connectivity index (χ0) is 18.1. The molecule has 0 atom stereocenters. The lowest BCUT2D eigenvalue weighted by Gasteiger charge is -2.11. The Labute approximate surface area is 146 Å². The van der Waals surface area contributed by atoms with Crippen molar-refractivity contribution in [1.29, 1.82) is 0 Å². The summed E-state index contributed by atoms with van der Waals surface area (Å²) in [5.74, 6) is 0.218. The van der Waals surface area contributed by atoms with Crippen LogP contribution in [-0.2, 0) is 9.59 Å². The number of para-hydroxylation sites is 2. The van der Waals surface area contributed by atoms with E-state index in [9.17, 15) is 9.59 Å². The molecule has 6 nitrogen and oxygen atoms in total. The number of anilines is 2. The zero-order valence-electron chi connectivity index (χ0n) is 14.0. The van der Waals surface area contributed by atoms with Gasteiger partial charge in [0, 0.05) is 19.0 Å². The first kappa shape index (κ1) is 18.2. The molecule has 0 unspecified atom stereocenters. The Bertz CT molecular complexity index is 772. The third-order valence-corrected chi connectivity index (χ3v) is 3.35. The van der Waals surface area contributed by atoms with Gasteiger partial charge >= 0.3 is 0 Å². The molecule has 6 heteroatoms. The summed E-state index contributed by atoms with van der Waals surface area (Å²) in [6.45, 7) is 0.267. The molecule has 0 aliphatic carbocycles. The van der Waals surface area contributed by atoms with Crippen LogP contribution in [0.5, 0.6) is 5.75 Å². The zero-order valence-corrected chi connectivity index (χ0v) is 14.0. The van der Waals surface area contributed by atoms with Crippen LogP contribution in [0.15, 0.2) is 54.6 Å². The van der Waals surface area contributed by atoms with Crippen molar-refractivity contribution in [3.63, 3.8) is 0 Å². The highest BCUT2D eigenvalue weighted by Gasteiger charge is 2.07. The van der Waals surface area contributed by atoms with Gasteiger partial charge < -0.3 is 21.1 Å². The molecule has 0 spiro atoms. The predicted octanol–water partition coefficient (Wildman–Crippen LogP) is 2.63. The van der Waals surface area contributed by atoms with Crippen LogP contribution in [0.25, 0.3) is 6.08 Å². The highest BCUT2D eigenvalue weighted by atomic mass is 16.5. The normalized spacial score (nSPS) is 10.5. The summed E-state index contributed by atoms with van der Waals surface area (Å²) in [5.41, 5.74) is 7.27. The molecule has 0 aromatic heterocycles. The molecule has 25 heavy (non-hydrogen) atoms. The molecule has 0 radical (unpaired) electrons. The van der Waals surface area contributed by atoms with Gasteiger partial charge in [-0.1, -0.05) is 24.3 Å². The summed E-state index contributed by atoms with van der Waals surface area (Å²) >= 11 is 0. The minimum atomic E-state index is -0.302. The molecule has 4 N–H and O–H groups in total. The first-order chi connectivity index (χ1) is 12.1. The molecule has 0 aliphatic heterocycles. The highest BCUT2D eigenvalue weighted by molar-refractivity contribution is 6.05. The van der Waals surface area contributed by atoms with Crippen molar-refractivity contribution < 1.29 is 14.3 Å². The van der Waals surface area contributed by atoms with Gasteiger partial charge in [0.15, 0.2) is 0 Å². The van der Waals surface area contributed by atoms with Crippen LogP contribution < -0.4 is 21.1 Å². The molecule has 130 valence electrons. The van der Waals surface area contributed by atoms with Gasteiger partial charge in [-0.2, -0.15) is 0 Å². The van der Waals surface area contributed by atoms with Crippen molar-refractivity contribution in [2.45, 2.75) is 6.42 Å². The molecule has 0 heterocycles. The number of carbonyl (C=O) groups is 2. The third-order valence-electron chi connectivity index (χ3n) is 3.35. The number of nitrogens with two attached hydrogens (primary N) is 1. The Morgan fingerprint density at radius 2 is 1.80 bits per heavy atom. The molecule has 2 aromatic rings. The van der Waals surface area contributed by atoms with Crippen molar-refractivity contribution in [3.05, 3.63) is 60.2 Å². The van der Waals surface area contributed by atoms with Crippen molar-refractivity contribution in [1.82, 2.24) is 0 Å². The monoisotopic (exact) mass is 339 g/mol. The van der Waals surface area contributed by atoms with Crippen LogP contribution in [0.1, 0.15) is 12.0 Å². The van der Waals surface area contributed by atoms with E-state index in [1.54, 1.807) is 37.5 Å². The van der Waals surface area contributed by atoms with Gasteiger partial charge in [-0.15, -0.1) is 0 Å². The van der Waals surface area contributed by atoms with Crippen molar-refractivity contribution >= 4 is 29.3 Å². The summed E-state index contributed by atoms with van der Waals surface area (Å²) in [7, 11) is 1.59. The average Bonchev–Trinajstić information content (AvgIpc) is 2.62. The minimum absolute atomic E-state index is 0.198. The van der Waals surface area contributed by atoms with Crippen LogP contribution >= 0.6 is 0 Å². The fourth-order valence-electron chi connectivity index (χ4n) is 2.14. The number of ether oxygens (including phenoxy) is 1. The molecule has 0 aliphatic rings. The van der Waals surface area contributed by atoms with E-state index in [4.69, 9.17) is 10.5 Å². The minimum Gasteiger partial charge on any atom is -0.497 e. The molecule has 0 saturated heterocycles. The highest BCUT2D eigenvalue weighted by Crippen LogP contribution is 2.21. The lowest BCUT2D eigenvalue weighted by atomic mass is 10.2. The van der Waals surface area contributed by atoms with Crippen molar-refractivity contribution in [2.75, 3.05) is 24.3 Å². The number of rotatable bonds is 7. The molecule has 0 bridgehead atoms. The average molecular weight is 339 g/mol. The second kappa shape index (κ2) is 9.24. The van der Waals surface area contributed by atoms with Gasteiger partial charge in [0.2, 0.25) is 11.8 Å². The first-order valence-electron chi connectivity index (χ1n) is 7.84.